The quantitative estimate of drug-likeness (QED) is 0.408. The fraction of sp³-hybridized carbons (Fsp3) is 0.818. The van der Waals surface area contributed by atoms with E-state index in [2.05, 4.69) is 17.7 Å². The number of hydrogen-bond acceptors (Lipinski definition) is 4. The first-order chi connectivity index (χ1) is 7.55. The minimum atomic E-state index is -3.85. The monoisotopic (exact) mass is 274 g/mol. The van der Waals surface area contributed by atoms with Crippen molar-refractivity contribution < 1.29 is 47.8 Å². The van der Waals surface area contributed by atoms with Gasteiger partial charge in [0, 0.05) is 0 Å². The molecule has 0 saturated heterocycles. The van der Waals surface area contributed by atoms with Gasteiger partial charge in [-0.25, -0.2) is 8.37 Å². The van der Waals surface area contributed by atoms with Gasteiger partial charge in [0.05, 0.1) is 13.2 Å². The third-order valence-corrected chi connectivity index (χ3v) is 3.17. The number of unbranched alkanes of at least 4 members (excludes halogenated alkanes) is 1. The molecule has 0 rings (SSSR count). The van der Waals surface area contributed by atoms with Crippen LogP contribution in [-0.4, -0.2) is 21.6 Å². The molecule has 0 aliphatic carbocycles. The smallest absolute Gasteiger partial charge is 1.00 e. The molecule has 1 unspecified atom stereocenters. The van der Waals surface area contributed by atoms with Gasteiger partial charge in [0.1, 0.15) is 0 Å². The first kappa shape index (κ1) is 19.9. The summed E-state index contributed by atoms with van der Waals surface area (Å²) in [7, 11) is -3.85. The molecule has 4 nitrogen and oxygen atoms in total. The molecule has 0 aliphatic heterocycles. The normalized spacial score (nSPS) is 12.8. The molecule has 0 spiro atoms. The van der Waals surface area contributed by atoms with Crippen LogP contribution in [0.1, 0.15) is 41.0 Å². The van der Waals surface area contributed by atoms with E-state index in [1.165, 1.54) is 6.08 Å². The Bertz CT molecular complexity index is 283. The van der Waals surface area contributed by atoms with E-state index in [-0.39, 0.29) is 50.1 Å². The summed E-state index contributed by atoms with van der Waals surface area (Å²) < 4.78 is 31.7. The van der Waals surface area contributed by atoms with Crippen LogP contribution in [0.4, 0.5) is 0 Å². The Morgan fingerprint density at radius 1 is 1.35 bits per heavy atom. The van der Waals surface area contributed by atoms with Crippen molar-refractivity contribution in [2.45, 2.75) is 39.5 Å². The van der Waals surface area contributed by atoms with E-state index in [1.54, 1.807) is 0 Å². The van der Waals surface area contributed by atoms with Crippen molar-refractivity contribution in [1.82, 2.24) is 0 Å². The minimum Gasteiger partial charge on any atom is -1.00 e. The molecule has 0 fully saturated rings. The summed E-state index contributed by atoms with van der Waals surface area (Å²) in [5, 5.41) is 0. The van der Waals surface area contributed by atoms with Crippen molar-refractivity contribution in [2.24, 2.45) is 5.92 Å². The van der Waals surface area contributed by atoms with Crippen LogP contribution < -0.4 is 29.6 Å². The predicted octanol–water partition coefficient (Wildman–Crippen LogP) is -0.217. The molecule has 0 amide bonds. The van der Waals surface area contributed by atoms with Crippen molar-refractivity contribution in [3.05, 3.63) is 12.7 Å². The van der Waals surface area contributed by atoms with Crippen molar-refractivity contribution in [3.63, 3.8) is 0 Å². The topological polar surface area (TPSA) is 52.6 Å². The van der Waals surface area contributed by atoms with Gasteiger partial charge in [-0.1, -0.05) is 39.2 Å². The van der Waals surface area contributed by atoms with Gasteiger partial charge in [-0.05, 0) is 12.3 Å². The fourth-order valence-electron chi connectivity index (χ4n) is 1.24. The van der Waals surface area contributed by atoms with Gasteiger partial charge in [-0.2, -0.15) is 8.42 Å². The molecule has 0 aliphatic rings. The van der Waals surface area contributed by atoms with Gasteiger partial charge < -0.3 is 1.43 Å². The molecule has 0 saturated carbocycles. The second-order valence-electron chi connectivity index (χ2n) is 3.68. The van der Waals surface area contributed by atoms with Gasteiger partial charge in [0.2, 0.25) is 0 Å². The molecule has 0 heterocycles. The van der Waals surface area contributed by atoms with Gasteiger partial charge in [0.25, 0.3) is 0 Å². The molecule has 0 aromatic carbocycles. The number of rotatable bonds is 10. The maximum atomic E-state index is 11.2. The first-order valence-electron chi connectivity index (χ1n) is 5.70. The van der Waals surface area contributed by atoms with Gasteiger partial charge in [-0.3, -0.25) is 0 Å². The minimum absolute atomic E-state index is 0. The molecule has 0 aromatic rings. The summed E-state index contributed by atoms with van der Waals surface area (Å²) in [5.74, 6) is 0.280. The molecule has 98 valence electrons. The SMILES string of the molecule is C=CCOS(=O)(=O)OCC(CC)CCCC.[H-].[Na+]. The average molecular weight is 274 g/mol. The van der Waals surface area contributed by atoms with Gasteiger partial charge in [0.15, 0.2) is 0 Å². The van der Waals surface area contributed by atoms with Crippen LogP contribution in [0, 0.1) is 5.92 Å². The van der Waals surface area contributed by atoms with Crippen molar-refractivity contribution in [2.75, 3.05) is 13.2 Å². The summed E-state index contributed by atoms with van der Waals surface area (Å²) >= 11 is 0. The molecule has 0 aromatic heterocycles. The zero-order valence-electron chi connectivity index (χ0n) is 12.1. The van der Waals surface area contributed by atoms with Crippen molar-refractivity contribution >= 4 is 10.4 Å². The summed E-state index contributed by atoms with van der Waals surface area (Å²) in [6, 6.07) is 0. The summed E-state index contributed by atoms with van der Waals surface area (Å²) in [4.78, 5) is 0. The first-order valence-corrected chi connectivity index (χ1v) is 7.03. The van der Waals surface area contributed by atoms with E-state index in [9.17, 15) is 8.42 Å². The fourth-order valence-corrected chi connectivity index (χ4v) is 1.93. The second kappa shape index (κ2) is 11.7. The molecule has 17 heavy (non-hydrogen) atoms. The molecular weight excluding hydrogens is 251 g/mol. The molecule has 1 atom stereocenters. The third kappa shape index (κ3) is 11.4. The van der Waals surface area contributed by atoms with Crippen LogP contribution >= 0.6 is 0 Å². The molecule has 0 N–H and O–H groups in total. The van der Waals surface area contributed by atoms with E-state index >= 15 is 0 Å². The van der Waals surface area contributed by atoms with Crippen LogP contribution in [0.15, 0.2) is 12.7 Å². The Morgan fingerprint density at radius 3 is 2.47 bits per heavy atom. The molecular formula is C11H23NaO4S. The standard InChI is InChI=1S/C11H22O4S.Na.H/c1-4-7-8-11(6-3)10-15-16(12,13)14-9-5-2;;/h5,11H,2,4,6-10H2,1,3H3;;/q;+1;-1. The molecule has 6 heteroatoms. The van der Waals surface area contributed by atoms with Gasteiger partial charge in [-0.15, -0.1) is 6.58 Å². The Hall–Kier alpha value is 0.610. The Balaban J connectivity index is -0.00000112. The van der Waals surface area contributed by atoms with Crippen LogP contribution in [0.3, 0.4) is 0 Å². The maximum Gasteiger partial charge on any atom is 1.00 e. The van der Waals surface area contributed by atoms with Crippen molar-refractivity contribution in [1.29, 1.82) is 0 Å². The van der Waals surface area contributed by atoms with E-state index in [4.69, 9.17) is 4.18 Å². The summed E-state index contributed by atoms with van der Waals surface area (Å²) in [6.45, 7) is 7.66. The Labute approximate surface area is 129 Å². The van der Waals surface area contributed by atoms with Gasteiger partial charge >= 0.3 is 40.0 Å². The van der Waals surface area contributed by atoms with E-state index in [0.717, 1.165) is 25.7 Å². The van der Waals surface area contributed by atoms with E-state index in [0.29, 0.717) is 0 Å². The van der Waals surface area contributed by atoms with E-state index < -0.39 is 10.4 Å². The third-order valence-electron chi connectivity index (χ3n) is 2.32. The van der Waals surface area contributed by atoms with Crippen LogP contribution in [0.25, 0.3) is 0 Å². The van der Waals surface area contributed by atoms with Crippen molar-refractivity contribution in [3.8, 4) is 0 Å². The molecule has 0 radical (unpaired) electrons. The zero-order valence-corrected chi connectivity index (χ0v) is 14.0. The Kier molecular flexibility index (Phi) is 13.7. The largest absolute Gasteiger partial charge is 1.00 e. The van der Waals surface area contributed by atoms with Crippen LogP contribution in [0.5, 0.6) is 0 Å². The average Bonchev–Trinajstić information content (AvgIpc) is 2.27. The maximum absolute atomic E-state index is 11.2. The summed E-state index contributed by atoms with van der Waals surface area (Å²) in [5.41, 5.74) is 0. The summed E-state index contributed by atoms with van der Waals surface area (Å²) in [6.07, 6.45) is 5.47. The van der Waals surface area contributed by atoms with E-state index in [1.807, 2.05) is 6.92 Å². The Morgan fingerprint density at radius 2 is 2.00 bits per heavy atom. The number of hydrogen-bond donors (Lipinski definition) is 0. The molecule has 0 bridgehead atoms. The van der Waals surface area contributed by atoms with Crippen LogP contribution in [-0.2, 0) is 18.8 Å². The zero-order chi connectivity index (χ0) is 12.4. The predicted molar refractivity (Wildman–Crippen MR) is 65.4 cm³/mol. The second-order valence-corrected chi connectivity index (χ2v) is 4.97. The van der Waals surface area contributed by atoms with Crippen LogP contribution in [0.2, 0.25) is 0 Å².